The lowest BCUT2D eigenvalue weighted by molar-refractivity contribution is -0.121. The van der Waals surface area contributed by atoms with E-state index in [1.165, 1.54) is 5.56 Å². The number of amides is 1. The van der Waals surface area contributed by atoms with Crippen LogP contribution in [0.2, 0.25) is 10.0 Å². The SMILES string of the molecule is O=C(CCCOc1ccc(Cl)cc1Cl)NCCCc1ccccc1. The monoisotopic (exact) mass is 365 g/mol. The summed E-state index contributed by atoms with van der Waals surface area (Å²) in [6, 6.07) is 15.4. The summed E-state index contributed by atoms with van der Waals surface area (Å²) in [5, 5.41) is 3.98. The highest BCUT2D eigenvalue weighted by Crippen LogP contribution is 2.27. The van der Waals surface area contributed by atoms with Gasteiger partial charge in [0.05, 0.1) is 11.6 Å². The quantitative estimate of drug-likeness (QED) is 0.641. The number of aryl methyl sites for hydroxylation is 1. The van der Waals surface area contributed by atoms with E-state index in [1.54, 1.807) is 18.2 Å². The number of carbonyl (C=O) groups excluding carboxylic acids is 1. The normalized spacial score (nSPS) is 10.4. The van der Waals surface area contributed by atoms with Gasteiger partial charge in [0.2, 0.25) is 5.91 Å². The molecule has 0 aliphatic carbocycles. The first kappa shape index (κ1) is 18.6. The molecule has 0 heterocycles. The highest BCUT2D eigenvalue weighted by atomic mass is 35.5. The Hall–Kier alpha value is -1.71. The van der Waals surface area contributed by atoms with E-state index in [0.29, 0.717) is 41.8 Å². The molecule has 2 aromatic rings. The van der Waals surface area contributed by atoms with Crippen molar-refractivity contribution in [2.24, 2.45) is 0 Å². The highest BCUT2D eigenvalue weighted by molar-refractivity contribution is 6.35. The standard InChI is InChI=1S/C19H21Cl2NO2/c20-16-10-11-18(17(21)14-16)24-13-5-9-19(23)22-12-4-8-15-6-2-1-3-7-15/h1-3,6-7,10-11,14H,4-5,8-9,12-13H2,(H,22,23). The molecule has 0 unspecified atom stereocenters. The smallest absolute Gasteiger partial charge is 0.220 e. The van der Waals surface area contributed by atoms with Gasteiger partial charge in [-0.25, -0.2) is 0 Å². The van der Waals surface area contributed by atoms with Crippen molar-refractivity contribution in [2.45, 2.75) is 25.7 Å². The molecule has 3 nitrogen and oxygen atoms in total. The Kier molecular flexibility index (Phi) is 7.93. The van der Waals surface area contributed by atoms with Crippen LogP contribution in [0.4, 0.5) is 0 Å². The topological polar surface area (TPSA) is 38.3 Å². The van der Waals surface area contributed by atoms with Crippen molar-refractivity contribution < 1.29 is 9.53 Å². The average Bonchev–Trinajstić information content (AvgIpc) is 2.58. The van der Waals surface area contributed by atoms with Gasteiger partial charge in [0.1, 0.15) is 5.75 Å². The van der Waals surface area contributed by atoms with Crippen LogP contribution in [0.25, 0.3) is 0 Å². The molecule has 2 aromatic carbocycles. The number of benzene rings is 2. The van der Waals surface area contributed by atoms with Crippen molar-refractivity contribution in [1.82, 2.24) is 5.32 Å². The van der Waals surface area contributed by atoms with E-state index in [9.17, 15) is 4.79 Å². The van der Waals surface area contributed by atoms with E-state index in [1.807, 2.05) is 18.2 Å². The van der Waals surface area contributed by atoms with Crippen LogP contribution >= 0.6 is 23.2 Å². The fourth-order valence-electron chi connectivity index (χ4n) is 2.26. The lowest BCUT2D eigenvalue weighted by atomic mass is 10.1. The first-order valence-corrected chi connectivity index (χ1v) is 8.79. The lowest BCUT2D eigenvalue weighted by Crippen LogP contribution is -2.24. The summed E-state index contributed by atoms with van der Waals surface area (Å²) in [4.78, 5) is 11.8. The minimum Gasteiger partial charge on any atom is -0.492 e. The van der Waals surface area contributed by atoms with Gasteiger partial charge in [-0.1, -0.05) is 53.5 Å². The van der Waals surface area contributed by atoms with Crippen LogP contribution in [-0.2, 0) is 11.2 Å². The summed E-state index contributed by atoms with van der Waals surface area (Å²) in [7, 11) is 0. The van der Waals surface area contributed by atoms with E-state index in [-0.39, 0.29) is 5.91 Å². The molecule has 0 aliphatic rings. The zero-order valence-corrected chi connectivity index (χ0v) is 14.9. The summed E-state index contributed by atoms with van der Waals surface area (Å²) in [5.41, 5.74) is 1.29. The number of halogens is 2. The molecule has 5 heteroatoms. The molecule has 0 aliphatic heterocycles. The Morgan fingerprint density at radius 3 is 2.58 bits per heavy atom. The molecule has 0 aromatic heterocycles. The summed E-state index contributed by atoms with van der Waals surface area (Å²) in [6.45, 7) is 1.14. The van der Waals surface area contributed by atoms with Crippen molar-refractivity contribution in [3.8, 4) is 5.75 Å². The van der Waals surface area contributed by atoms with Crippen LogP contribution in [0.5, 0.6) is 5.75 Å². The Balaban J connectivity index is 1.55. The second kappa shape index (κ2) is 10.2. The predicted octanol–water partition coefficient (Wildman–Crippen LogP) is 4.90. The predicted molar refractivity (Wildman–Crippen MR) is 99.0 cm³/mol. The first-order chi connectivity index (χ1) is 11.6. The molecule has 0 spiro atoms. The van der Waals surface area contributed by atoms with Crippen molar-refractivity contribution in [1.29, 1.82) is 0 Å². The van der Waals surface area contributed by atoms with E-state index in [4.69, 9.17) is 27.9 Å². The number of ether oxygens (including phenoxy) is 1. The molecule has 128 valence electrons. The molecular formula is C19H21Cl2NO2. The molecule has 0 radical (unpaired) electrons. The van der Waals surface area contributed by atoms with Crippen molar-refractivity contribution in [2.75, 3.05) is 13.2 Å². The molecular weight excluding hydrogens is 345 g/mol. The van der Waals surface area contributed by atoms with E-state index >= 15 is 0 Å². The summed E-state index contributed by atoms with van der Waals surface area (Å²) in [6.07, 6.45) is 2.99. The number of hydrogen-bond acceptors (Lipinski definition) is 2. The number of hydrogen-bond donors (Lipinski definition) is 1. The van der Waals surface area contributed by atoms with Gasteiger partial charge < -0.3 is 10.1 Å². The molecule has 0 fully saturated rings. The van der Waals surface area contributed by atoms with Gasteiger partial charge in [-0.15, -0.1) is 0 Å². The maximum absolute atomic E-state index is 11.8. The maximum atomic E-state index is 11.8. The third-order valence-corrected chi connectivity index (χ3v) is 4.04. The van der Waals surface area contributed by atoms with Crippen LogP contribution < -0.4 is 10.1 Å². The van der Waals surface area contributed by atoms with Crippen molar-refractivity contribution >= 4 is 29.1 Å². The van der Waals surface area contributed by atoms with Crippen LogP contribution in [0, 0.1) is 0 Å². The number of nitrogens with one attached hydrogen (secondary N) is 1. The Morgan fingerprint density at radius 2 is 1.83 bits per heavy atom. The van der Waals surface area contributed by atoms with Crippen LogP contribution in [0.1, 0.15) is 24.8 Å². The van der Waals surface area contributed by atoms with Gasteiger partial charge in [0.25, 0.3) is 0 Å². The van der Waals surface area contributed by atoms with Gasteiger partial charge in [0.15, 0.2) is 0 Å². The number of carbonyl (C=O) groups is 1. The van der Waals surface area contributed by atoms with Crippen LogP contribution in [0.15, 0.2) is 48.5 Å². The van der Waals surface area contributed by atoms with Gasteiger partial charge in [0, 0.05) is 18.0 Å². The summed E-state index contributed by atoms with van der Waals surface area (Å²) >= 11 is 11.8. The zero-order valence-electron chi connectivity index (χ0n) is 13.4. The van der Waals surface area contributed by atoms with E-state index in [0.717, 1.165) is 12.8 Å². The van der Waals surface area contributed by atoms with Gasteiger partial charge in [-0.3, -0.25) is 4.79 Å². The fraction of sp³-hybridized carbons (Fsp3) is 0.316. The molecule has 1 N–H and O–H groups in total. The molecule has 24 heavy (non-hydrogen) atoms. The molecule has 0 bridgehead atoms. The van der Waals surface area contributed by atoms with Gasteiger partial charge in [-0.2, -0.15) is 0 Å². The van der Waals surface area contributed by atoms with E-state index < -0.39 is 0 Å². The summed E-state index contributed by atoms with van der Waals surface area (Å²) in [5.74, 6) is 0.637. The van der Waals surface area contributed by atoms with Crippen molar-refractivity contribution in [3.05, 3.63) is 64.1 Å². The molecule has 2 rings (SSSR count). The summed E-state index contributed by atoms with van der Waals surface area (Å²) < 4.78 is 5.56. The largest absolute Gasteiger partial charge is 0.492 e. The van der Waals surface area contributed by atoms with Crippen LogP contribution in [0.3, 0.4) is 0 Å². The minimum absolute atomic E-state index is 0.0499. The molecule has 1 amide bonds. The minimum atomic E-state index is 0.0499. The third kappa shape index (κ3) is 6.81. The Morgan fingerprint density at radius 1 is 1.04 bits per heavy atom. The Bertz CT molecular complexity index is 647. The zero-order chi connectivity index (χ0) is 17.2. The molecule has 0 saturated carbocycles. The van der Waals surface area contributed by atoms with Gasteiger partial charge >= 0.3 is 0 Å². The second-order valence-electron chi connectivity index (χ2n) is 5.47. The van der Waals surface area contributed by atoms with E-state index in [2.05, 4.69) is 17.4 Å². The second-order valence-corrected chi connectivity index (χ2v) is 6.31. The fourth-order valence-corrected chi connectivity index (χ4v) is 2.72. The molecule has 0 atom stereocenters. The van der Waals surface area contributed by atoms with Crippen LogP contribution in [-0.4, -0.2) is 19.1 Å². The van der Waals surface area contributed by atoms with Crippen molar-refractivity contribution in [3.63, 3.8) is 0 Å². The third-order valence-electron chi connectivity index (χ3n) is 3.51. The average molecular weight is 366 g/mol. The lowest BCUT2D eigenvalue weighted by Gasteiger charge is -2.08. The van der Waals surface area contributed by atoms with Gasteiger partial charge in [-0.05, 0) is 43.0 Å². The number of rotatable bonds is 9. The molecule has 0 saturated heterocycles. The highest BCUT2D eigenvalue weighted by Gasteiger charge is 2.04. The first-order valence-electron chi connectivity index (χ1n) is 8.03. The Labute approximate surface area is 152 Å². The maximum Gasteiger partial charge on any atom is 0.220 e.